The van der Waals surface area contributed by atoms with E-state index in [2.05, 4.69) is 14.9 Å². The molecule has 1 aliphatic rings. The van der Waals surface area contributed by atoms with E-state index in [1.54, 1.807) is 30.8 Å². The van der Waals surface area contributed by atoms with Gasteiger partial charge in [0.1, 0.15) is 5.82 Å². The molecule has 1 aliphatic heterocycles. The molecule has 2 aromatic heterocycles. The van der Waals surface area contributed by atoms with Gasteiger partial charge in [-0.3, -0.25) is 9.69 Å². The molecular formula is C20H28FN5O. The predicted octanol–water partition coefficient (Wildman–Crippen LogP) is 2.24. The van der Waals surface area contributed by atoms with Crippen molar-refractivity contribution >= 4 is 5.82 Å². The first-order valence-corrected chi connectivity index (χ1v) is 9.32. The summed E-state index contributed by atoms with van der Waals surface area (Å²) in [6.45, 7) is 11.5. The molecule has 0 saturated carbocycles. The molecule has 7 heteroatoms. The maximum absolute atomic E-state index is 14.7. The van der Waals surface area contributed by atoms with Gasteiger partial charge >= 0.3 is 0 Å². The lowest BCUT2D eigenvalue weighted by molar-refractivity contribution is 0.248. The molecule has 0 amide bonds. The van der Waals surface area contributed by atoms with Crippen LogP contribution in [0.2, 0.25) is 0 Å². The zero-order chi connectivity index (χ0) is 19.8. The minimum atomic E-state index is -0.331. The summed E-state index contributed by atoms with van der Waals surface area (Å²) in [5.41, 5.74) is 1.17. The Hall–Kier alpha value is -2.28. The van der Waals surface area contributed by atoms with Crippen molar-refractivity contribution in [1.29, 1.82) is 0 Å². The van der Waals surface area contributed by atoms with Crippen LogP contribution in [0.1, 0.15) is 37.9 Å². The summed E-state index contributed by atoms with van der Waals surface area (Å²) >= 11 is 0. The van der Waals surface area contributed by atoms with Crippen molar-refractivity contribution in [1.82, 2.24) is 19.4 Å². The molecule has 0 radical (unpaired) electrons. The lowest BCUT2D eigenvalue weighted by atomic mass is 9.95. The number of halogens is 1. The van der Waals surface area contributed by atoms with Gasteiger partial charge in [-0.2, -0.15) is 0 Å². The molecule has 3 heterocycles. The van der Waals surface area contributed by atoms with Crippen LogP contribution in [0, 0.1) is 12.7 Å². The van der Waals surface area contributed by atoms with Gasteiger partial charge in [0, 0.05) is 57.4 Å². The molecule has 1 saturated heterocycles. The van der Waals surface area contributed by atoms with Crippen LogP contribution >= 0.6 is 0 Å². The summed E-state index contributed by atoms with van der Waals surface area (Å²) in [6, 6.07) is 3.65. The van der Waals surface area contributed by atoms with Crippen LogP contribution in [0.15, 0.2) is 23.1 Å². The molecule has 0 atom stereocenters. The summed E-state index contributed by atoms with van der Waals surface area (Å²) in [6.07, 6.45) is 1.79. The van der Waals surface area contributed by atoms with E-state index in [0.29, 0.717) is 30.4 Å². The van der Waals surface area contributed by atoms with Gasteiger partial charge in [-0.05, 0) is 18.6 Å². The van der Waals surface area contributed by atoms with Gasteiger partial charge in [0.25, 0.3) is 5.56 Å². The smallest absolute Gasteiger partial charge is 0.250 e. The van der Waals surface area contributed by atoms with Crippen LogP contribution in [0.5, 0.6) is 0 Å². The Morgan fingerprint density at radius 2 is 1.81 bits per heavy atom. The topological polar surface area (TPSA) is 54.3 Å². The van der Waals surface area contributed by atoms with Crippen molar-refractivity contribution in [3.63, 3.8) is 0 Å². The van der Waals surface area contributed by atoms with Crippen LogP contribution in [0.3, 0.4) is 0 Å². The van der Waals surface area contributed by atoms with Gasteiger partial charge in [-0.15, -0.1) is 0 Å². The van der Waals surface area contributed by atoms with Gasteiger partial charge in [0.05, 0.1) is 5.69 Å². The number of hydrogen-bond donors (Lipinski definition) is 0. The second kappa shape index (κ2) is 7.38. The van der Waals surface area contributed by atoms with Crippen LogP contribution in [-0.2, 0) is 19.0 Å². The first-order valence-electron chi connectivity index (χ1n) is 9.32. The van der Waals surface area contributed by atoms with Crippen molar-refractivity contribution < 1.29 is 4.39 Å². The number of hydrogen-bond acceptors (Lipinski definition) is 5. The summed E-state index contributed by atoms with van der Waals surface area (Å²) in [5.74, 6) is 0.739. The van der Waals surface area contributed by atoms with Crippen molar-refractivity contribution in [2.45, 2.75) is 39.7 Å². The van der Waals surface area contributed by atoms with E-state index in [4.69, 9.17) is 0 Å². The highest BCUT2D eigenvalue weighted by atomic mass is 19.1. The lowest BCUT2D eigenvalue weighted by Gasteiger charge is -2.36. The molecular weight excluding hydrogens is 345 g/mol. The van der Waals surface area contributed by atoms with Crippen LogP contribution in [0.25, 0.3) is 0 Å². The quantitative estimate of drug-likeness (QED) is 0.826. The normalized spacial score (nSPS) is 16.0. The standard InChI is InChI=1S/C20H28FN5O/c1-14-17(21)18(23-19(22-14)20(2,3)4)26-10-8-25(9-11-26)13-15-6-7-24(5)16(27)12-15/h6-7,12H,8-11,13H2,1-5H3. The van der Waals surface area contributed by atoms with Crippen molar-refractivity contribution in [2.24, 2.45) is 7.05 Å². The summed E-state index contributed by atoms with van der Waals surface area (Å²) < 4.78 is 16.2. The average molecular weight is 373 g/mol. The Morgan fingerprint density at radius 3 is 2.41 bits per heavy atom. The zero-order valence-corrected chi connectivity index (χ0v) is 16.8. The maximum atomic E-state index is 14.7. The second-order valence-corrected chi connectivity index (χ2v) is 8.27. The molecule has 27 heavy (non-hydrogen) atoms. The third-order valence-electron chi connectivity index (χ3n) is 4.92. The van der Waals surface area contributed by atoms with Crippen molar-refractivity contribution in [3.8, 4) is 0 Å². The van der Waals surface area contributed by atoms with Crippen molar-refractivity contribution in [2.75, 3.05) is 31.1 Å². The van der Waals surface area contributed by atoms with Crippen molar-refractivity contribution in [3.05, 3.63) is 51.6 Å². The minimum Gasteiger partial charge on any atom is -0.352 e. The summed E-state index contributed by atoms with van der Waals surface area (Å²) in [5, 5.41) is 0. The molecule has 3 rings (SSSR count). The van der Waals surface area contributed by atoms with E-state index in [1.807, 2.05) is 31.7 Å². The summed E-state index contributed by atoms with van der Waals surface area (Å²) in [7, 11) is 1.75. The molecule has 0 spiro atoms. The fourth-order valence-corrected chi connectivity index (χ4v) is 3.15. The highest BCUT2D eigenvalue weighted by Crippen LogP contribution is 2.26. The molecule has 0 aromatic carbocycles. The van der Waals surface area contributed by atoms with E-state index in [9.17, 15) is 9.18 Å². The molecule has 0 unspecified atom stereocenters. The second-order valence-electron chi connectivity index (χ2n) is 8.27. The predicted molar refractivity (Wildman–Crippen MR) is 105 cm³/mol. The number of rotatable bonds is 3. The average Bonchev–Trinajstić information content (AvgIpc) is 2.60. The Bertz CT molecular complexity index is 879. The Morgan fingerprint density at radius 1 is 1.15 bits per heavy atom. The van der Waals surface area contributed by atoms with E-state index < -0.39 is 0 Å². The van der Waals surface area contributed by atoms with Crippen LogP contribution < -0.4 is 10.5 Å². The largest absolute Gasteiger partial charge is 0.352 e. The molecule has 146 valence electrons. The first-order chi connectivity index (χ1) is 12.6. The molecule has 0 bridgehead atoms. The van der Waals surface area contributed by atoms with E-state index in [0.717, 1.165) is 25.2 Å². The highest BCUT2D eigenvalue weighted by Gasteiger charge is 2.26. The van der Waals surface area contributed by atoms with E-state index >= 15 is 0 Å². The zero-order valence-electron chi connectivity index (χ0n) is 16.8. The number of aromatic nitrogens is 3. The first kappa shape index (κ1) is 19.5. The Kier molecular flexibility index (Phi) is 5.33. The SMILES string of the molecule is Cc1nc(C(C)(C)C)nc(N2CCN(Cc3ccn(C)c(=O)c3)CC2)c1F. The fourth-order valence-electron chi connectivity index (χ4n) is 3.15. The fraction of sp³-hybridized carbons (Fsp3) is 0.550. The molecule has 1 fully saturated rings. The molecule has 2 aromatic rings. The highest BCUT2D eigenvalue weighted by molar-refractivity contribution is 5.43. The van der Waals surface area contributed by atoms with Crippen LogP contribution in [0.4, 0.5) is 10.2 Å². The Labute approximate surface area is 159 Å². The monoisotopic (exact) mass is 373 g/mol. The Balaban J connectivity index is 1.71. The van der Waals surface area contributed by atoms with Gasteiger partial charge in [0.2, 0.25) is 0 Å². The third kappa shape index (κ3) is 4.35. The number of pyridine rings is 1. The van der Waals surface area contributed by atoms with Gasteiger partial charge < -0.3 is 9.47 Å². The number of nitrogens with zero attached hydrogens (tertiary/aromatic N) is 5. The molecule has 0 N–H and O–H groups in total. The molecule has 0 aliphatic carbocycles. The third-order valence-corrected chi connectivity index (χ3v) is 4.92. The molecule has 6 nitrogen and oxygen atoms in total. The summed E-state index contributed by atoms with van der Waals surface area (Å²) in [4.78, 5) is 24.9. The minimum absolute atomic E-state index is 0.000576. The van der Waals surface area contributed by atoms with Gasteiger partial charge in [-0.1, -0.05) is 20.8 Å². The lowest BCUT2D eigenvalue weighted by Crippen LogP contribution is -2.47. The number of anilines is 1. The van der Waals surface area contributed by atoms with E-state index in [1.165, 1.54) is 0 Å². The van der Waals surface area contributed by atoms with Gasteiger partial charge in [-0.25, -0.2) is 14.4 Å². The van der Waals surface area contributed by atoms with Gasteiger partial charge in [0.15, 0.2) is 11.6 Å². The van der Waals surface area contributed by atoms with Crippen LogP contribution in [-0.4, -0.2) is 45.6 Å². The number of piperazine rings is 1. The van der Waals surface area contributed by atoms with E-state index in [-0.39, 0.29) is 16.8 Å². The maximum Gasteiger partial charge on any atom is 0.250 e. The number of aryl methyl sites for hydroxylation is 2.